The molecule has 1 N–H and O–H groups in total. The number of rotatable bonds is 5. The molecule has 1 rings (SSSR count). The van der Waals surface area contributed by atoms with Crippen molar-refractivity contribution in [1.29, 1.82) is 0 Å². The summed E-state index contributed by atoms with van der Waals surface area (Å²) >= 11 is 5.77. The lowest BCUT2D eigenvalue weighted by molar-refractivity contribution is -0.0301. The number of hydrogen-bond donors (Lipinski definition) is 1. The number of aliphatic hydroxyl groups is 1. The fourth-order valence-corrected chi connectivity index (χ4v) is 1.66. The minimum Gasteiger partial charge on any atom is -0.387 e. The molecule has 16 heavy (non-hydrogen) atoms. The highest BCUT2D eigenvalue weighted by Crippen LogP contribution is 2.20. The van der Waals surface area contributed by atoms with Crippen LogP contribution in [0.4, 0.5) is 4.39 Å². The molecule has 2 nitrogen and oxygen atoms in total. The smallest absolute Gasteiger partial charge is 0.126 e. The third-order valence-electron chi connectivity index (χ3n) is 2.20. The van der Waals surface area contributed by atoms with Crippen LogP contribution in [0.2, 0.25) is 5.02 Å². The van der Waals surface area contributed by atoms with Gasteiger partial charge in [0.2, 0.25) is 0 Å². The zero-order valence-corrected chi connectivity index (χ0v) is 10.2. The van der Waals surface area contributed by atoms with E-state index in [4.69, 9.17) is 16.3 Å². The Labute approximate surface area is 100.0 Å². The molecule has 0 aromatic heterocycles. The summed E-state index contributed by atoms with van der Waals surface area (Å²) in [7, 11) is 0. The van der Waals surface area contributed by atoms with E-state index >= 15 is 0 Å². The zero-order chi connectivity index (χ0) is 12.2. The van der Waals surface area contributed by atoms with Gasteiger partial charge in [0.15, 0.2) is 0 Å². The van der Waals surface area contributed by atoms with Gasteiger partial charge in [-0.15, -0.1) is 0 Å². The highest BCUT2D eigenvalue weighted by atomic mass is 35.5. The molecular formula is C12H16ClFO2. The maximum Gasteiger partial charge on any atom is 0.126 e. The number of hydrogen-bond acceptors (Lipinski definition) is 2. The Hall–Kier alpha value is -0.640. The largest absolute Gasteiger partial charge is 0.387 e. The Bertz CT molecular complexity index is 353. The first-order chi connectivity index (χ1) is 7.44. The van der Waals surface area contributed by atoms with Crippen molar-refractivity contribution in [3.63, 3.8) is 0 Å². The molecule has 1 aromatic carbocycles. The third-order valence-corrected chi connectivity index (χ3v) is 2.43. The molecule has 1 aromatic rings. The van der Waals surface area contributed by atoms with Crippen molar-refractivity contribution >= 4 is 11.6 Å². The molecule has 0 bridgehead atoms. The molecule has 1 unspecified atom stereocenters. The van der Waals surface area contributed by atoms with Gasteiger partial charge in [-0.1, -0.05) is 11.6 Å². The summed E-state index contributed by atoms with van der Waals surface area (Å²) in [5.41, 5.74) is -0.682. The highest BCUT2D eigenvalue weighted by Gasteiger charge is 2.22. The Morgan fingerprint density at radius 1 is 1.50 bits per heavy atom. The van der Waals surface area contributed by atoms with Crippen LogP contribution in [0.25, 0.3) is 0 Å². The van der Waals surface area contributed by atoms with Crippen LogP contribution in [-0.4, -0.2) is 23.9 Å². The number of ether oxygens (including phenoxy) is 1. The SMILES string of the molecule is CCOCC(C)(O)Cc1cc(Cl)ccc1F. The van der Waals surface area contributed by atoms with E-state index in [1.807, 2.05) is 6.92 Å². The second kappa shape index (κ2) is 5.62. The average molecular weight is 247 g/mol. The lowest BCUT2D eigenvalue weighted by Gasteiger charge is -2.23. The minimum atomic E-state index is -1.08. The van der Waals surface area contributed by atoms with E-state index in [0.29, 0.717) is 17.2 Å². The molecule has 4 heteroatoms. The van der Waals surface area contributed by atoms with Gasteiger partial charge in [0.05, 0.1) is 12.2 Å². The van der Waals surface area contributed by atoms with Gasteiger partial charge >= 0.3 is 0 Å². The van der Waals surface area contributed by atoms with Gasteiger partial charge in [-0.05, 0) is 37.6 Å². The van der Waals surface area contributed by atoms with E-state index in [9.17, 15) is 9.50 Å². The maximum atomic E-state index is 13.4. The topological polar surface area (TPSA) is 29.5 Å². The predicted octanol–water partition coefficient (Wildman–Crippen LogP) is 2.81. The molecule has 0 aliphatic carbocycles. The standard InChI is InChI=1S/C12H16ClFO2/c1-3-16-8-12(2,15)7-9-6-10(13)4-5-11(9)14/h4-6,15H,3,7-8H2,1-2H3. The Morgan fingerprint density at radius 2 is 2.19 bits per heavy atom. The minimum absolute atomic E-state index is 0.176. The molecule has 0 fully saturated rings. The van der Waals surface area contributed by atoms with E-state index in [1.54, 1.807) is 6.92 Å². The number of halogens is 2. The van der Waals surface area contributed by atoms with Crippen molar-refractivity contribution < 1.29 is 14.2 Å². The quantitative estimate of drug-likeness (QED) is 0.866. The van der Waals surface area contributed by atoms with Crippen LogP contribution in [0.15, 0.2) is 18.2 Å². The van der Waals surface area contributed by atoms with Crippen LogP contribution in [0.5, 0.6) is 0 Å². The van der Waals surface area contributed by atoms with Gasteiger partial charge in [-0.2, -0.15) is 0 Å². The molecule has 0 aliphatic rings. The van der Waals surface area contributed by atoms with Crippen LogP contribution in [0.3, 0.4) is 0 Å². The monoisotopic (exact) mass is 246 g/mol. The molecule has 0 saturated carbocycles. The molecule has 0 radical (unpaired) electrons. The molecular weight excluding hydrogens is 231 g/mol. The average Bonchev–Trinajstić information content (AvgIpc) is 2.20. The lowest BCUT2D eigenvalue weighted by atomic mass is 9.97. The molecule has 0 amide bonds. The molecule has 0 heterocycles. The third kappa shape index (κ3) is 4.08. The normalized spacial score (nSPS) is 14.8. The fourth-order valence-electron chi connectivity index (χ4n) is 1.46. The van der Waals surface area contributed by atoms with Crippen molar-refractivity contribution in [2.45, 2.75) is 25.9 Å². The first-order valence-electron chi connectivity index (χ1n) is 5.18. The maximum absolute atomic E-state index is 13.4. The Morgan fingerprint density at radius 3 is 2.81 bits per heavy atom. The molecule has 0 spiro atoms. The van der Waals surface area contributed by atoms with E-state index < -0.39 is 5.60 Å². The summed E-state index contributed by atoms with van der Waals surface area (Å²) in [4.78, 5) is 0. The van der Waals surface area contributed by atoms with Gasteiger partial charge < -0.3 is 9.84 Å². The summed E-state index contributed by atoms with van der Waals surface area (Å²) in [6, 6.07) is 4.31. The Kier molecular flexibility index (Phi) is 4.71. The predicted molar refractivity (Wildman–Crippen MR) is 62.2 cm³/mol. The number of benzene rings is 1. The molecule has 0 aliphatic heterocycles. The summed E-state index contributed by atoms with van der Waals surface area (Å²) < 4.78 is 18.5. The molecule has 0 saturated heterocycles. The summed E-state index contributed by atoms with van der Waals surface area (Å²) in [5.74, 6) is -0.360. The van der Waals surface area contributed by atoms with Gasteiger partial charge in [0.25, 0.3) is 0 Å². The van der Waals surface area contributed by atoms with Crippen LogP contribution in [0, 0.1) is 5.82 Å². The van der Waals surface area contributed by atoms with Gasteiger partial charge in [0, 0.05) is 18.1 Å². The second-order valence-electron chi connectivity index (χ2n) is 4.05. The van der Waals surface area contributed by atoms with E-state index in [0.717, 1.165) is 0 Å². The highest BCUT2D eigenvalue weighted by molar-refractivity contribution is 6.30. The second-order valence-corrected chi connectivity index (χ2v) is 4.48. The van der Waals surface area contributed by atoms with Gasteiger partial charge in [-0.3, -0.25) is 0 Å². The van der Waals surface area contributed by atoms with Crippen LogP contribution >= 0.6 is 11.6 Å². The van der Waals surface area contributed by atoms with Crippen LogP contribution < -0.4 is 0 Å². The summed E-state index contributed by atoms with van der Waals surface area (Å²) in [5, 5.41) is 10.4. The first kappa shape index (κ1) is 13.4. The van der Waals surface area contributed by atoms with Crippen molar-refractivity contribution in [2.24, 2.45) is 0 Å². The van der Waals surface area contributed by atoms with E-state index in [2.05, 4.69) is 0 Å². The van der Waals surface area contributed by atoms with Crippen molar-refractivity contribution in [2.75, 3.05) is 13.2 Å². The summed E-state index contributed by atoms with van der Waals surface area (Å²) in [6.07, 6.45) is 0.180. The van der Waals surface area contributed by atoms with Gasteiger partial charge in [0.1, 0.15) is 5.82 Å². The molecule has 90 valence electrons. The van der Waals surface area contributed by atoms with Crippen molar-refractivity contribution in [3.05, 3.63) is 34.6 Å². The zero-order valence-electron chi connectivity index (χ0n) is 9.46. The van der Waals surface area contributed by atoms with E-state index in [-0.39, 0.29) is 18.8 Å². The van der Waals surface area contributed by atoms with Gasteiger partial charge in [-0.25, -0.2) is 4.39 Å². The fraction of sp³-hybridized carbons (Fsp3) is 0.500. The van der Waals surface area contributed by atoms with Crippen LogP contribution in [-0.2, 0) is 11.2 Å². The lowest BCUT2D eigenvalue weighted by Crippen LogP contribution is -2.33. The van der Waals surface area contributed by atoms with Crippen molar-refractivity contribution in [1.82, 2.24) is 0 Å². The Balaban J connectivity index is 2.74. The first-order valence-corrected chi connectivity index (χ1v) is 5.56. The van der Waals surface area contributed by atoms with Crippen molar-refractivity contribution in [3.8, 4) is 0 Å². The van der Waals surface area contributed by atoms with E-state index in [1.165, 1.54) is 18.2 Å². The summed E-state index contributed by atoms with van der Waals surface area (Å²) in [6.45, 7) is 4.16. The molecule has 1 atom stereocenters. The van der Waals surface area contributed by atoms with Crippen LogP contribution in [0.1, 0.15) is 19.4 Å².